The lowest BCUT2D eigenvalue weighted by Crippen LogP contribution is -2.33. The van der Waals surface area contributed by atoms with Gasteiger partial charge in [0, 0.05) is 18.3 Å². The number of carbonyl (C=O) groups excluding carboxylic acids is 1. The average Bonchev–Trinajstić information content (AvgIpc) is 2.51. The molecule has 1 aromatic rings. The molecule has 0 spiro atoms. The van der Waals surface area contributed by atoms with Crippen LogP contribution in [0.4, 0.5) is 0 Å². The molecule has 0 aliphatic carbocycles. The van der Waals surface area contributed by atoms with Crippen LogP contribution in [0.1, 0.15) is 5.69 Å². The normalized spacial score (nSPS) is 12.4. The van der Waals surface area contributed by atoms with Gasteiger partial charge in [-0.2, -0.15) is 0 Å². The topological polar surface area (TPSA) is 98.2 Å². The van der Waals surface area contributed by atoms with Crippen LogP contribution in [-0.4, -0.2) is 33.1 Å². The van der Waals surface area contributed by atoms with Gasteiger partial charge in [-0.3, -0.25) is 14.2 Å². The molecule has 0 amide bonds. The van der Waals surface area contributed by atoms with E-state index in [0.717, 1.165) is 0 Å². The van der Waals surface area contributed by atoms with Gasteiger partial charge in [0.25, 0.3) is 0 Å². The van der Waals surface area contributed by atoms with Gasteiger partial charge in [0.2, 0.25) is 6.41 Å². The number of nitrogens with zero attached hydrogens (tertiary/aromatic N) is 2. The van der Waals surface area contributed by atoms with E-state index in [0.29, 0.717) is 12.1 Å². The number of hydrogen-bond acceptors (Lipinski definition) is 4. The van der Waals surface area contributed by atoms with Crippen LogP contribution in [-0.2, 0) is 16.0 Å². The number of aromatic nitrogens is 2. The lowest BCUT2D eigenvalue weighted by Gasteiger charge is -2.04. The number of carbonyl (C=O) groups is 2. The molecule has 6 nitrogen and oxygen atoms in total. The number of carboxylic acids is 1. The minimum atomic E-state index is -1.10. The van der Waals surface area contributed by atoms with Crippen molar-refractivity contribution in [1.29, 1.82) is 0 Å². The third-order valence-electron chi connectivity index (χ3n) is 1.61. The third-order valence-corrected chi connectivity index (χ3v) is 1.61. The first-order valence-electron chi connectivity index (χ1n) is 3.59. The number of imidazole rings is 1. The number of carboxylic acid groups (broad SMARTS) is 1. The summed E-state index contributed by atoms with van der Waals surface area (Å²) >= 11 is 0. The zero-order valence-electron chi connectivity index (χ0n) is 6.75. The highest BCUT2D eigenvalue weighted by atomic mass is 16.4. The first kappa shape index (κ1) is 9.40. The van der Waals surface area contributed by atoms with Crippen LogP contribution >= 0.6 is 0 Å². The van der Waals surface area contributed by atoms with Gasteiger partial charge in [0.1, 0.15) is 12.4 Å². The van der Waals surface area contributed by atoms with Crippen molar-refractivity contribution in [3.05, 3.63) is 18.2 Å². The number of nitrogens with two attached hydrogens (primary N) is 1. The highest BCUT2D eigenvalue weighted by Crippen LogP contribution is 1.99. The van der Waals surface area contributed by atoms with Gasteiger partial charge in [0.15, 0.2) is 0 Å². The molecule has 0 bridgehead atoms. The molecule has 13 heavy (non-hydrogen) atoms. The van der Waals surface area contributed by atoms with Gasteiger partial charge in [-0.05, 0) is 0 Å². The third kappa shape index (κ3) is 2.12. The van der Waals surface area contributed by atoms with E-state index in [9.17, 15) is 9.59 Å². The van der Waals surface area contributed by atoms with Gasteiger partial charge in [-0.1, -0.05) is 0 Å². The Morgan fingerprint density at radius 3 is 3.08 bits per heavy atom. The zero-order valence-corrected chi connectivity index (χ0v) is 6.75. The Bertz CT molecular complexity index is 321. The number of rotatable bonds is 4. The smallest absolute Gasteiger partial charge is 0.320 e. The molecule has 0 saturated carbocycles. The monoisotopic (exact) mass is 183 g/mol. The number of aliphatic carboxylic acids is 1. The molecule has 0 unspecified atom stereocenters. The quantitative estimate of drug-likeness (QED) is 0.576. The Labute approximate surface area is 74.0 Å². The van der Waals surface area contributed by atoms with Crippen molar-refractivity contribution in [1.82, 2.24) is 9.55 Å². The molecule has 0 saturated heterocycles. The Kier molecular flexibility index (Phi) is 2.76. The Morgan fingerprint density at radius 1 is 1.85 bits per heavy atom. The standard InChI is InChI=1S/C7H9N3O3/c8-6(7(12)13)1-5-2-9-3-10(5)4-11/h2-4,6H,1,8H2,(H,12,13)/t6-/m0/s1. The average molecular weight is 183 g/mol. The first-order chi connectivity index (χ1) is 6.15. The molecule has 0 fully saturated rings. The molecular weight excluding hydrogens is 174 g/mol. The van der Waals surface area contributed by atoms with Crippen molar-refractivity contribution in [3.8, 4) is 0 Å². The van der Waals surface area contributed by atoms with Crippen LogP contribution in [0.25, 0.3) is 0 Å². The fourth-order valence-corrected chi connectivity index (χ4v) is 0.898. The second-order valence-electron chi connectivity index (χ2n) is 2.55. The summed E-state index contributed by atoms with van der Waals surface area (Å²) in [5, 5.41) is 8.50. The molecule has 3 N–H and O–H groups in total. The Hall–Kier alpha value is -1.69. The first-order valence-corrected chi connectivity index (χ1v) is 3.59. The highest BCUT2D eigenvalue weighted by Gasteiger charge is 2.14. The molecule has 1 heterocycles. The van der Waals surface area contributed by atoms with Gasteiger partial charge >= 0.3 is 5.97 Å². The molecule has 70 valence electrons. The van der Waals surface area contributed by atoms with Crippen molar-refractivity contribution in [2.24, 2.45) is 5.73 Å². The molecule has 1 aromatic heterocycles. The predicted octanol–water partition coefficient (Wildman–Crippen LogP) is -1.12. The van der Waals surface area contributed by atoms with Gasteiger partial charge in [-0.15, -0.1) is 0 Å². The summed E-state index contributed by atoms with van der Waals surface area (Å²) in [5.74, 6) is -1.10. The van der Waals surface area contributed by atoms with E-state index in [1.807, 2.05) is 0 Å². The van der Waals surface area contributed by atoms with E-state index in [-0.39, 0.29) is 6.42 Å². The van der Waals surface area contributed by atoms with Crippen molar-refractivity contribution in [2.45, 2.75) is 12.5 Å². The van der Waals surface area contributed by atoms with Crippen LogP contribution in [0.2, 0.25) is 0 Å². The molecule has 0 aliphatic rings. The minimum Gasteiger partial charge on any atom is -0.480 e. The predicted molar refractivity (Wildman–Crippen MR) is 43.7 cm³/mol. The van der Waals surface area contributed by atoms with Crippen LogP contribution in [0.3, 0.4) is 0 Å². The lowest BCUT2D eigenvalue weighted by molar-refractivity contribution is -0.138. The van der Waals surface area contributed by atoms with Crippen LogP contribution in [0.15, 0.2) is 12.5 Å². The van der Waals surface area contributed by atoms with E-state index in [1.165, 1.54) is 17.1 Å². The van der Waals surface area contributed by atoms with E-state index < -0.39 is 12.0 Å². The molecule has 0 aromatic carbocycles. The summed E-state index contributed by atoms with van der Waals surface area (Å²) < 4.78 is 1.20. The summed E-state index contributed by atoms with van der Waals surface area (Å²) in [6.45, 7) is 0. The number of hydrogen-bond donors (Lipinski definition) is 2. The summed E-state index contributed by atoms with van der Waals surface area (Å²) in [6.07, 6.45) is 3.36. The van der Waals surface area contributed by atoms with Gasteiger partial charge < -0.3 is 10.8 Å². The van der Waals surface area contributed by atoms with Gasteiger partial charge in [-0.25, -0.2) is 4.98 Å². The van der Waals surface area contributed by atoms with Crippen LogP contribution < -0.4 is 5.73 Å². The summed E-state index contributed by atoms with van der Waals surface area (Å²) in [4.78, 5) is 24.4. The second kappa shape index (κ2) is 3.81. The lowest BCUT2D eigenvalue weighted by atomic mass is 10.2. The largest absolute Gasteiger partial charge is 0.480 e. The van der Waals surface area contributed by atoms with Crippen molar-refractivity contribution >= 4 is 12.4 Å². The maximum Gasteiger partial charge on any atom is 0.320 e. The highest BCUT2D eigenvalue weighted by molar-refractivity contribution is 5.73. The minimum absolute atomic E-state index is 0.0913. The van der Waals surface area contributed by atoms with Crippen molar-refractivity contribution in [2.75, 3.05) is 0 Å². The SMILES string of the molecule is N[C@@H](Cc1cncn1C=O)C(=O)O. The van der Waals surface area contributed by atoms with E-state index in [4.69, 9.17) is 10.8 Å². The van der Waals surface area contributed by atoms with Crippen molar-refractivity contribution < 1.29 is 14.7 Å². The Morgan fingerprint density at radius 2 is 2.54 bits per heavy atom. The molecule has 0 aliphatic heterocycles. The van der Waals surface area contributed by atoms with E-state index >= 15 is 0 Å². The maximum atomic E-state index is 10.4. The Balaban J connectivity index is 2.73. The van der Waals surface area contributed by atoms with E-state index in [1.54, 1.807) is 0 Å². The van der Waals surface area contributed by atoms with Gasteiger partial charge in [0.05, 0.1) is 0 Å². The second-order valence-corrected chi connectivity index (χ2v) is 2.55. The molecular formula is C7H9N3O3. The van der Waals surface area contributed by atoms with Crippen LogP contribution in [0.5, 0.6) is 0 Å². The van der Waals surface area contributed by atoms with Crippen molar-refractivity contribution in [3.63, 3.8) is 0 Å². The molecule has 1 atom stereocenters. The van der Waals surface area contributed by atoms with Crippen LogP contribution in [0, 0.1) is 0 Å². The fourth-order valence-electron chi connectivity index (χ4n) is 0.898. The zero-order chi connectivity index (χ0) is 9.84. The summed E-state index contributed by atoms with van der Waals surface area (Å²) in [5.41, 5.74) is 5.77. The molecule has 1 rings (SSSR count). The fraction of sp³-hybridized carbons (Fsp3) is 0.286. The maximum absolute atomic E-state index is 10.4. The molecule has 0 radical (unpaired) electrons. The summed E-state index contributed by atoms with van der Waals surface area (Å²) in [7, 11) is 0. The van der Waals surface area contributed by atoms with E-state index in [2.05, 4.69) is 4.98 Å². The summed E-state index contributed by atoms with van der Waals surface area (Å²) in [6, 6.07) is -1.00. The molecule has 6 heteroatoms.